The van der Waals surface area contributed by atoms with Gasteiger partial charge in [0.2, 0.25) is 17.5 Å². The fraction of sp³-hybridized carbons (Fsp3) is 0.645. The van der Waals surface area contributed by atoms with E-state index in [9.17, 15) is 19.5 Å². The number of likely N-dealkylation sites (N-methyl/N-ethyl adjacent to an activating group) is 1. The minimum atomic E-state index is -2.00. The van der Waals surface area contributed by atoms with Gasteiger partial charge >= 0.3 is 0 Å². The minimum Gasteiger partial charge on any atom is -0.384 e. The zero-order valence-electron chi connectivity index (χ0n) is 24.5. The second-order valence-corrected chi connectivity index (χ2v) is 13.5. The van der Waals surface area contributed by atoms with E-state index in [-0.39, 0.29) is 23.8 Å². The summed E-state index contributed by atoms with van der Waals surface area (Å²) in [7, 11) is 2.06. The molecule has 1 aromatic carbocycles. The van der Waals surface area contributed by atoms with Crippen molar-refractivity contribution in [2.45, 2.75) is 82.6 Å². The van der Waals surface area contributed by atoms with E-state index < -0.39 is 41.5 Å². The van der Waals surface area contributed by atoms with E-state index in [1.165, 1.54) is 21.7 Å². The molecule has 3 saturated heterocycles. The third kappa shape index (κ3) is 3.56. The molecule has 0 spiro atoms. The molecule has 1 aromatic rings. The van der Waals surface area contributed by atoms with Gasteiger partial charge in [-0.1, -0.05) is 45.9 Å². The second kappa shape index (κ2) is 9.02. The van der Waals surface area contributed by atoms with Crippen LogP contribution in [0.25, 0.3) is 5.57 Å². The van der Waals surface area contributed by atoms with Gasteiger partial charge in [0.1, 0.15) is 12.1 Å². The lowest BCUT2D eigenvalue weighted by atomic mass is 9.74. The van der Waals surface area contributed by atoms with E-state index in [0.717, 1.165) is 25.0 Å². The number of hydrogen-bond donors (Lipinski definition) is 3. The first-order valence-electron chi connectivity index (χ1n) is 15.2. The van der Waals surface area contributed by atoms with E-state index >= 15 is 0 Å². The standard InChI is InChI=1S/C31H41N5O5/c1-16(2)26-28(38)35-11-7-10-24(35)31(40)36(26)29(39)30(41-31,17(3)4)33-27(37)19-12-21-20-8-6-9-22-25(20)18(14-32-22)13-23(21)34(5)15-19/h6,8-9,12,16-19,23-24,26,32,40H,7,10-11,13-15H2,1-5H3,(H,33,37)/t18-,19+,23-,24+,26+,30+,31+/m1/s1. The van der Waals surface area contributed by atoms with Crippen molar-refractivity contribution < 1.29 is 24.2 Å². The zero-order chi connectivity index (χ0) is 29.0. The van der Waals surface area contributed by atoms with Crippen LogP contribution in [0.3, 0.4) is 0 Å². The highest BCUT2D eigenvalue weighted by atomic mass is 16.7. The van der Waals surface area contributed by atoms with Gasteiger partial charge in [-0.3, -0.25) is 28.9 Å². The number of benzene rings is 1. The SMILES string of the molecule is CC(C)[C@H]1C(=O)N2CCC[C@H]2[C@]2(O)O[C@@](NC(=O)[C@H]3C=C4c5cccc6c5[C@@H](CN6)C[C@H]4N(C)C3)(C(C)C)C(=O)N12. The van der Waals surface area contributed by atoms with E-state index in [2.05, 4.69) is 46.9 Å². The quantitative estimate of drug-likeness (QED) is 0.513. The van der Waals surface area contributed by atoms with Gasteiger partial charge in [0.15, 0.2) is 0 Å². The van der Waals surface area contributed by atoms with Gasteiger partial charge in [-0.25, -0.2) is 0 Å². The molecule has 3 fully saturated rings. The first-order chi connectivity index (χ1) is 19.5. The molecule has 7 rings (SSSR count). The fourth-order valence-electron chi connectivity index (χ4n) is 8.36. The van der Waals surface area contributed by atoms with Crippen LogP contribution in [0.2, 0.25) is 0 Å². The molecule has 41 heavy (non-hydrogen) atoms. The Hall–Kier alpha value is -2.95. The van der Waals surface area contributed by atoms with E-state index in [0.29, 0.717) is 25.4 Å². The summed E-state index contributed by atoms with van der Waals surface area (Å²) in [6, 6.07) is 5.01. The fourth-order valence-corrected chi connectivity index (χ4v) is 8.36. The number of fused-ring (bicyclic) bond motifs is 5. The average Bonchev–Trinajstić information content (AvgIpc) is 3.64. The average molecular weight is 564 g/mol. The topological polar surface area (TPSA) is 114 Å². The predicted molar refractivity (Wildman–Crippen MR) is 152 cm³/mol. The number of ether oxygens (including phenoxy) is 1. The van der Waals surface area contributed by atoms with Crippen LogP contribution in [-0.2, 0) is 19.1 Å². The maximum absolute atomic E-state index is 14.3. The molecule has 0 unspecified atom stereocenters. The third-order valence-electron chi connectivity index (χ3n) is 10.4. The smallest absolute Gasteiger partial charge is 0.281 e. The second-order valence-electron chi connectivity index (χ2n) is 13.5. The van der Waals surface area contributed by atoms with Gasteiger partial charge in [-0.2, -0.15) is 0 Å². The Morgan fingerprint density at radius 2 is 2.00 bits per heavy atom. The molecule has 5 heterocycles. The normalized spacial score (nSPS) is 37.6. The van der Waals surface area contributed by atoms with Crippen molar-refractivity contribution in [1.29, 1.82) is 0 Å². The Kier molecular flexibility index (Phi) is 5.92. The molecule has 0 bridgehead atoms. The number of carbonyl (C=O) groups is 3. The van der Waals surface area contributed by atoms with Gasteiger partial charge in [0.25, 0.3) is 11.8 Å². The van der Waals surface area contributed by atoms with Crippen molar-refractivity contribution >= 4 is 29.0 Å². The van der Waals surface area contributed by atoms with E-state index in [1.54, 1.807) is 4.90 Å². The molecule has 0 saturated carbocycles. The largest absolute Gasteiger partial charge is 0.384 e. The Balaban J connectivity index is 1.24. The molecular weight excluding hydrogens is 522 g/mol. The van der Waals surface area contributed by atoms with Crippen LogP contribution in [0, 0.1) is 17.8 Å². The highest BCUT2D eigenvalue weighted by molar-refractivity contribution is 5.98. The molecule has 5 aliphatic heterocycles. The van der Waals surface area contributed by atoms with Gasteiger partial charge in [-0.15, -0.1) is 0 Å². The van der Waals surface area contributed by atoms with Gasteiger partial charge < -0.3 is 20.6 Å². The molecule has 6 aliphatic rings. The summed E-state index contributed by atoms with van der Waals surface area (Å²) in [5.41, 5.74) is 3.06. The Morgan fingerprint density at radius 3 is 2.73 bits per heavy atom. The zero-order valence-corrected chi connectivity index (χ0v) is 24.5. The third-order valence-corrected chi connectivity index (χ3v) is 10.4. The Labute approximate surface area is 241 Å². The highest BCUT2D eigenvalue weighted by Crippen LogP contribution is 2.50. The predicted octanol–water partition coefficient (Wildman–Crippen LogP) is 1.92. The first kappa shape index (κ1) is 26.9. The van der Waals surface area contributed by atoms with Crippen LogP contribution in [0.1, 0.15) is 64.0 Å². The minimum absolute atomic E-state index is 0.167. The lowest BCUT2D eigenvalue weighted by molar-refractivity contribution is -0.323. The van der Waals surface area contributed by atoms with Crippen molar-refractivity contribution in [3.63, 3.8) is 0 Å². The highest BCUT2D eigenvalue weighted by Gasteiger charge is 2.72. The number of aliphatic hydroxyl groups is 1. The van der Waals surface area contributed by atoms with Crippen LogP contribution in [-0.4, -0.2) is 94.0 Å². The van der Waals surface area contributed by atoms with Crippen LogP contribution in [0.4, 0.5) is 5.69 Å². The number of anilines is 1. The summed E-state index contributed by atoms with van der Waals surface area (Å²) in [4.78, 5) is 47.1. The van der Waals surface area contributed by atoms with Crippen LogP contribution in [0.5, 0.6) is 0 Å². The molecule has 3 amide bonds. The van der Waals surface area contributed by atoms with Crippen molar-refractivity contribution in [2.75, 3.05) is 32.0 Å². The van der Waals surface area contributed by atoms with E-state index in [4.69, 9.17) is 4.74 Å². The number of amides is 3. The Morgan fingerprint density at radius 1 is 1.22 bits per heavy atom. The molecular formula is C31H41N5O5. The lowest BCUT2D eigenvalue weighted by Gasteiger charge is -2.49. The molecule has 3 N–H and O–H groups in total. The summed E-state index contributed by atoms with van der Waals surface area (Å²) in [5.74, 6) is -3.84. The lowest BCUT2D eigenvalue weighted by Crippen LogP contribution is -2.72. The van der Waals surface area contributed by atoms with Crippen LogP contribution >= 0.6 is 0 Å². The first-order valence-corrected chi connectivity index (χ1v) is 15.2. The van der Waals surface area contributed by atoms with Crippen LogP contribution in [0.15, 0.2) is 24.3 Å². The summed E-state index contributed by atoms with van der Waals surface area (Å²) >= 11 is 0. The molecule has 0 aromatic heterocycles. The monoisotopic (exact) mass is 563 g/mol. The Bertz CT molecular complexity index is 1360. The van der Waals surface area contributed by atoms with Crippen molar-refractivity contribution in [3.8, 4) is 0 Å². The molecule has 220 valence electrons. The summed E-state index contributed by atoms with van der Waals surface area (Å²) < 4.78 is 6.41. The maximum Gasteiger partial charge on any atom is 0.281 e. The van der Waals surface area contributed by atoms with Crippen LogP contribution < -0.4 is 10.6 Å². The summed E-state index contributed by atoms with van der Waals surface area (Å²) in [6.45, 7) is 9.31. The number of nitrogens with one attached hydrogen (secondary N) is 2. The number of nitrogens with zero attached hydrogens (tertiary/aromatic N) is 3. The van der Waals surface area contributed by atoms with Crippen molar-refractivity contribution in [1.82, 2.24) is 20.0 Å². The van der Waals surface area contributed by atoms with Gasteiger partial charge in [0.05, 0.1) is 5.92 Å². The van der Waals surface area contributed by atoms with Crippen molar-refractivity contribution in [3.05, 3.63) is 35.4 Å². The molecule has 1 aliphatic carbocycles. The van der Waals surface area contributed by atoms with E-state index in [1.807, 2.05) is 27.7 Å². The molecule has 10 heteroatoms. The summed E-state index contributed by atoms with van der Waals surface area (Å²) in [5, 5.41) is 18.6. The number of hydrogen-bond acceptors (Lipinski definition) is 7. The van der Waals surface area contributed by atoms with Gasteiger partial charge in [0, 0.05) is 43.2 Å². The number of piperazine rings is 1. The maximum atomic E-state index is 14.3. The van der Waals surface area contributed by atoms with Gasteiger partial charge in [-0.05, 0) is 55.0 Å². The molecule has 10 nitrogen and oxygen atoms in total. The number of carbonyl (C=O) groups excluding carboxylic acids is 3. The molecule has 0 radical (unpaired) electrons. The molecule has 7 atom stereocenters. The summed E-state index contributed by atoms with van der Waals surface area (Å²) in [6.07, 6.45) is 4.31. The van der Waals surface area contributed by atoms with Crippen molar-refractivity contribution in [2.24, 2.45) is 17.8 Å². The number of rotatable bonds is 4.